The van der Waals surface area contributed by atoms with Crippen molar-refractivity contribution in [3.63, 3.8) is 0 Å². The highest BCUT2D eigenvalue weighted by atomic mass is 16.3. The van der Waals surface area contributed by atoms with E-state index < -0.39 is 0 Å². The smallest absolute Gasteiger partial charge is 0.146 e. The first kappa shape index (κ1) is 19.5. The molecule has 0 bridgehead atoms. The Hall–Kier alpha value is -4.82. The van der Waals surface area contributed by atoms with E-state index in [4.69, 9.17) is 8.83 Å². The van der Waals surface area contributed by atoms with Crippen LogP contribution in [0.25, 0.3) is 76.7 Å². The highest BCUT2D eigenvalue weighted by Crippen LogP contribution is 2.47. The third-order valence-electron chi connectivity index (χ3n) is 7.36. The van der Waals surface area contributed by atoms with Crippen LogP contribution in [-0.4, -0.2) is 0 Å². The van der Waals surface area contributed by atoms with Gasteiger partial charge < -0.3 is 8.83 Å². The van der Waals surface area contributed by atoms with Gasteiger partial charge in [0.15, 0.2) is 0 Å². The predicted molar refractivity (Wildman–Crippen MR) is 149 cm³/mol. The Morgan fingerprint density at radius 2 is 1.08 bits per heavy atom. The van der Waals surface area contributed by atoms with Crippen molar-refractivity contribution in [1.29, 1.82) is 0 Å². The molecule has 36 heavy (non-hydrogen) atoms. The Morgan fingerprint density at radius 1 is 0.417 bits per heavy atom. The third kappa shape index (κ3) is 2.61. The first-order valence-electron chi connectivity index (χ1n) is 12.2. The Morgan fingerprint density at radius 3 is 1.81 bits per heavy atom. The zero-order chi connectivity index (χ0) is 23.6. The van der Waals surface area contributed by atoms with Gasteiger partial charge in [0.05, 0.1) is 11.6 Å². The largest absolute Gasteiger partial charge is 0.464 e. The fourth-order valence-corrected chi connectivity index (χ4v) is 5.87. The van der Waals surface area contributed by atoms with E-state index in [1.54, 1.807) is 6.26 Å². The quantitative estimate of drug-likeness (QED) is 0.240. The van der Waals surface area contributed by atoms with E-state index in [1.165, 1.54) is 43.8 Å². The van der Waals surface area contributed by atoms with Gasteiger partial charge in [0.1, 0.15) is 16.7 Å². The van der Waals surface area contributed by atoms with Crippen LogP contribution >= 0.6 is 0 Å². The van der Waals surface area contributed by atoms with Crippen LogP contribution in [-0.2, 0) is 0 Å². The number of rotatable bonds is 2. The molecule has 0 atom stereocenters. The van der Waals surface area contributed by atoms with Gasteiger partial charge in [0, 0.05) is 10.8 Å². The van der Waals surface area contributed by atoms with E-state index in [0.29, 0.717) is 0 Å². The van der Waals surface area contributed by atoms with Crippen molar-refractivity contribution in [3.8, 4) is 22.3 Å². The molecule has 2 nitrogen and oxygen atoms in total. The van der Waals surface area contributed by atoms with Crippen LogP contribution in [0.15, 0.2) is 130 Å². The normalized spacial score (nSPS) is 11.9. The van der Waals surface area contributed by atoms with Gasteiger partial charge in [0.25, 0.3) is 0 Å². The van der Waals surface area contributed by atoms with Gasteiger partial charge in [-0.05, 0) is 68.1 Å². The second kappa shape index (κ2) is 7.34. The summed E-state index contributed by atoms with van der Waals surface area (Å²) < 4.78 is 12.1. The van der Waals surface area contributed by atoms with E-state index >= 15 is 0 Å². The lowest BCUT2D eigenvalue weighted by Gasteiger charge is -2.18. The minimum Gasteiger partial charge on any atom is -0.464 e. The molecule has 168 valence electrons. The number of furan rings is 2. The molecule has 0 radical (unpaired) electrons. The van der Waals surface area contributed by atoms with Crippen molar-refractivity contribution in [2.24, 2.45) is 0 Å². The van der Waals surface area contributed by atoms with Crippen molar-refractivity contribution in [1.82, 2.24) is 0 Å². The molecule has 0 unspecified atom stereocenters. The zero-order valence-corrected chi connectivity index (χ0v) is 19.4. The lowest BCUT2D eigenvalue weighted by molar-refractivity contribution is 0.615. The van der Waals surface area contributed by atoms with Crippen molar-refractivity contribution < 1.29 is 8.83 Å². The van der Waals surface area contributed by atoms with E-state index in [1.807, 2.05) is 12.1 Å². The van der Waals surface area contributed by atoms with Crippen LogP contribution in [0.2, 0.25) is 0 Å². The summed E-state index contributed by atoms with van der Waals surface area (Å²) in [4.78, 5) is 0. The highest BCUT2D eigenvalue weighted by molar-refractivity contribution is 6.26. The van der Waals surface area contributed by atoms with Crippen LogP contribution in [0.4, 0.5) is 0 Å². The van der Waals surface area contributed by atoms with Gasteiger partial charge in [-0.15, -0.1) is 0 Å². The Balaban J connectivity index is 1.58. The Kier molecular flexibility index (Phi) is 3.97. The summed E-state index contributed by atoms with van der Waals surface area (Å²) in [7, 11) is 0. The lowest BCUT2D eigenvalue weighted by Crippen LogP contribution is -1.91. The molecule has 0 N–H and O–H groups in total. The van der Waals surface area contributed by atoms with Crippen LogP contribution < -0.4 is 0 Å². The fraction of sp³-hybridized carbons (Fsp3) is 0. The van der Waals surface area contributed by atoms with Gasteiger partial charge >= 0.3 is 0 Å². The first-order valence-corrected chi connectivity index (χ1v) is 12.2. The molecule has 0 amide bonds. The van der Waals surface area contributed by atoms with Crippen LogP contribution in [0, 0.1) is 0 Å². The van der Waals surface area contributed by atoms with Gasteiger partial charge in [-0.1, -0.05) is 91.0 Å². The van der Waals surface area contributed by atoms with Gasteiger partial charge in [0.2, 0.25) is 0 Å². The molecule has 2 aromatic heterocycles. The maximum atomic E-state index is 6.44. The van der Waals surface area contributed by atoms with E-state index in [2.05, 4.69) is 103 Å². The van der Waals surface area contributed by atoms with Gasteiger partial charge in [-0.3, -0.25) is 0 Å². The summed E-state index contributed by atoms with van der Waals surface area (Å²) in [6.07, 6.45) is 1.72. The lowest BCUT2D eigenvalue weighted by atomic mass is 9.85. The molecule has 0 aliphatic rings. The number of hydrogen-bond acceptors (Lipinski definition) is 2. The number of hydrogen-bond donors (Lipinski definition) is 0. The summed E-state index contributed by atoms with van der Waals surface area (Å²) in [6.45, 7) is 0. The minimum absolute atomic E-state index is 0.839. The van der Waals surface area contributed by atoms with E-state index in [-0.39, 0.29) is 0 Å². The van der Waals surface area contributed by atoms with E-state index in [9.17, 15) is 0 Å². The molecule has 0 aliphatic carbocycles. The van der Waals surface area contributed by atoms with Crippen LogP contribution in [0.1, 0.15) is 0 Å². The third-order valence-corrected chi connectivity index (χ3v) is 7.36. The van der Waals surface area contributed by atoms with Gasteiger partial charge in [-0.25, -0.2) is 0 Å². The summed E-state index contributed by atoms with van der Waals surface area (Å²) in [5.74, 6) is 0. The first-order chi connectivity index (χ1) is 17.9. The molecule has 0 saturated heterocycles. The van der Waals surface area contributed by atoms with E-state index in [0.717, 1.165) is 32.9 Å². The average molecular weight is 461 g/mol. The second-order valence-corrected chi connectivity index (χ2v) is 9.26. The van der Waals surface area contributed by atoms with Crippen molar-refractivity contribution >= 4 is 54.5 Å². The molecule has 0 aliphatic heterocycles. The maximum Gasteiger partial charge on any atom is 0.146 e. The molecule has 2 heterocycles. The zero-order valence-electron chi connectivity index (χ0n) is 19.4. The monoisotopic (exact) mass is 460 g/mol. The molecule has 0 saturated carbocycles. The molecule has 0 spiro atoms. The molecule has 8 rings (SSSR count). The molecule has 2 heteroatoms. The molecule has 8 aromatic rings. The Bertz CT molecular complexity index is 2030. The van der Waals surface area contributed by atoms with Crippen molar-refractivity contribution in [2.75, 3.05) is 0 Å². The van der Waals surface area contributed by atoms with Crippen LogP contribution in [0.3, 0.4) is 0 Å². The summed E-state index contributed by atoms with van der Waals surface area (Å²) in [6, 6.07) is 40.8. The van der Waals surface area contributed by atoms with Crippen molar-refractivity contribution in [3.05, 3.63) is 122 Å². The summed E-state index contributed by atoms with van der Waals surface area (Å²) >= 11 is 0. The standard InChI is InChI=1S/C34H20O2/c1-2-9-21(10-3-1)31-22-11-4-6-13-24(22)32(25-14-7-5-12-23(25)31)27-15-8-16-30-33(27)28-17-18-29-26(19-20-35-29)34(28)36-30/h1-20H. The molecule has 0 fully saturated rings. The molecule has 6 aromatic carbocycles. The number of benzene rings is 6. The average Bonchev–Trinajstić information content (AvgIpc) is 3.57. The minimum atomic E-state index is 0.839. The van der Waals surface area contributed by atoms with Crippen molar-refractivity contribution in [2.45, 2.75) is 0 Å². The van der Waals surface area contributed by atoms with Gasteiger partial charge in [-0.2, -0.15) is 0 Å². The highest BCUT2D eigenvalue weighted by Gasteiger charge is 2.20. The Labute approximate surface area is 207 Å². The van der Waals surface area contributed by atoms with Crippen LogP contribution in [0.5, 0.6) is 0 Å². The maximum absolute atomic E-state index is 6.44. The number of fused-ring (bicyclic) bond motifs is 7. The molecular weight excluding hydrogens is 440 g/mol. The second-order valence-electron chi connectivity index (χ2n) is 9.26. The summed E-state index contributed by atoms with van der Waals surface area (Å²) in [5.41, 5.74) is 7.52. The predicted octanol–water partition coefficient (Wildman–Crippen LogP) is 9.97. The SMILES string of the molecule is c1ccc(-c2c3ccccc3c(-c3cccc4oc5c6ccoc6ccc5c34)c3ccccc23)cc1. The topological polar surface area (TPSA) is 26.3 Å². The molecular formula is C34H20O2. The summed E-state index contributed by atoms with van der Waals surface area (Å²) in [5, 5.41) is 8.22. The fourth-order valence-electron chi connectivity index (χ4n) is 5.87.